The second-order valence-corrected chi connectivity index (χ2v) is 10.2. The van der Waals surface area contributed by atoms with Gasteiger partial charge in [-0.2, -0.15) is 0 Å². The zero-order valence-corrected chi connectivity index (χ0v) is 22.7. The molecule has 0 saturated heterocycles. The molecule has 0 bridgehead atoms. The Balaban J connectivity index is 1.61. The summed E-state index contributed by atoms with van der Waals surface area (Å²) in [5.41, 5.74) is 3.21. The van der Waals surface area contributed by atoms with E-state index < -0.39 is 0 Å². The number of benzene rings is 2. The van der Waals surface area contributed by atoms with Gasteiger partial charge in [0.15, 0.2) is 11.0 Å². The Bertz CT molecular complexity index is 1180. The van der Waals surface area contributed by atoms with Crippen LogP contribution in [0.2, 0.25) is 10.0 Å². The van der Waals surface area contributed by atoms with Crippen molar-refractivity contribution in [1.29, 1.82) is 0 Å². The standard InChI is InChI=1S/C22H22Cl2IN5O2S/c1-4-30-18(10-26-21(32)16-6-5-14(23)9-17(16)24)28-29-22(30)33-11-19(31)27-20-12(2)7-15(25)8-13(20)3/h5-9H,4,10-11H2,1-3H3,(H,26,32)(H,27,31). The maximum atomic E-state index is 12.5. The van der Waals surface area contributed by atoms with Gasteiger partial charge in [0.05, 0.1) is 22.9 Å². The van der Waals surface area contributed by atoms with E-state index in [2.05, 4.69) is 43.4 Å². The lowest BCUT2D eigenvalue weighted by atomic mass is 10.1. The van der Waals surface area contributed by atoms with Crippen molar-refractivity contribution in [3.05, 3.63) is 66.5 Å². The van der Waals surface area contributed by atoms with Crippen molar-refractivity contribution in [3.63, 3.8) is 0 Å². The number of nitrogens with one attached hydrogen (secondary N) is 2. The molecule has 3 aromatic rings. The second kappa shape index (κ2) is 11.5. The minimum Gasteiger partial charge on any atom is -0.345 e. The predicted octanol–water partition coefficient (Wildman–Crippen LogP) is 5.49. The summed E-state index contributed by atoms with van der Waals surface area (Å²) in [6.45, 7) is 6.67. The van der Waals surface area contributed by atoms with E-state index in [9.17, 15) is 9.59 Å². The fourth-order valence-corrected chi connectivity index (χ4v) is 5.47. The monoisotopic (exact) mass is 617 g/mol. The minimum absolute atomic E-state index is 0.120. The van der Waals surface area contributed by atoms with Gasteiger partial charge in [-0.05, 0) is 84.8 Å². The van der Waals surface area contributed by atoms with E-state index in [1.54, 1.807) is 12.1 Å². The summed E-state index contributed by atoms with van der Waals surface area (Å²) in [6.07, 6.45) is 0. The fourth-order valence-electron chi connectivity index (χ4n) is 3.22. The lowest BCUT2D eigenvalue weighted by molar-refractivity contribution is -0.113. The van der Waals surface area contributed by atoms with Crippen molar-refractivity contribution in [2.75, 3.05) is 11.1 Å². The molecular weight excluding hydrogens is 596 g/mol. The maximum Gasteiger partial charge on any atom is 0.253 e. The van der Waals surface area contributed by atoms with Crippen molar-refractivity contribution in [2.45, 2.75) is 39.0 Å². The highest BCUT2D eigenvalue weighted by Gasteiger charge is 2.16. The molecule has 0 spiro atoms. The molecule has 0 atom stereocenters. The third-order valence-corrected chi connectivity index (χ3v) is 6.92. The average molecular weight is 618 g/mol. The molecular formula is C22H22Cl2IN5O2S. The molecule has 2 N–H and O–H groups in total. The number of hydrogen-bond acceptors (Lipinski definition) is 5. The molecule has 3 rings (SSSR count). The number of thioether (sulfide) groups is 1. The number of amides is 2. The maximum absolute atomic E-state index is 12.5. The van der Waals surface area contributed by atoms with Gasteiger partial charge in [-0.15, -0.1) is 10.2 Å². The molecule has 0 aliphatic rings. The number of aromatic nitrogens is 3. The zero-order valence-electron chi connectivity index (χ0n) is 18.2. The van der Waals surface area contributed by atoms with E-state index in [1.165, 1.54) is 17.8 Å². The van der Waals surface area contributed by atoms with Crippen LogP contribution in [0.5, 0.6) is 0 Å². The Morgan fingerprint density at radius 2 is 1.82 bits per heavy atom. The molecule has 33 heavy (non-hydrogen) atoms. The molecule has 1 heterocycles. The Morgan fingerprint density at radius 3 is 2.45 bits per heavy atom. The summed E-state index contributed by atoms with van der Waals surface area (Å²) in [5.74, 6) is 0.322. The van der Waals surface area contributed by atoms with Gasteiger partial charge < -0.3 is 15.2 Å². The number of carbonyl (C=O) groups is 2. The molecule has 0 fully saturated rings. The SMILES string of the molecule is CCn1c(CNC(=O)c2ccc(Cl)cc2Cl)nnc1SCC(=O)Nc1c(C)cc(I)cc1C. The van der Waals surface area contributed by atoms with Gasteiger partial charge in [-0.1, -0.05) is 35.0 Å². The first kappa shape index (κ1) is 25.8. The summed E-state index contributed by atoms with van der Waals surface area (Å²) in [5, 5.41) is 15.5. The lowest BCUT2D eigenvalue weighted by Crippen LogP contribution is -2.25. The third kappa shape index (κ3) is 6.62. The van der Waals surface area contributed by atoms with Crippen LogP contribution in [0.1, 0.15) is 34.2 Å². The van der Waals surface area contributed by atoms with Crippen LogP contribution in [0.25, 0.3) is 0 Å². The van der Waals surface area contributed by atoms with Gasteiger partial charge in [0.1, 0.15) is 0 Å². The molecule has 2 aromatic carbocycles. The van der Waals surface area contributed by atoms with E-state index >= 15 is 0 Å². The number of aryl methyl sites for hydroxylation is 2. The quantitative estimate of drug-likeness (QED) is 0.258. The van der Waals surface area contributed by atoms with Crippen LogP contribution in [-0.2, 0) is 17.9 Å². The predicted molar refractivity (Wildman–Crippen MR) is 141 cm³/mol. The van der Waals surface area contributed by atoms with Crippen LogP contribution >= 0.6 is 57.6 Å². The first-order valence-corrected chi connectivity index (χ1v) is 12.9. The number of hydrogen-bond donors (Lipinski definition) is 2. The summed E-state index contributed by atoms with van der Waals surface area (Å²) < 4.78 is 2.99. The average Bonchev–Trinajstić information content (AvgIpc) is 3.14. The van der Waals surface area contributed by atoms with Crippen LogP contribution < -0.4 is 10.6 Å². The molecule has 2 amide bonds. The first-order chi connectivity index (χ1) is 15.7. The molecule has 174 valence electrons. The lowest BCUT2D eigenvalue weighted by Gasteiger charge is -2.12. The molecule has 0 saturated carbocycles. The molecule has 11 heteroatoms. The highest BCUT2D eigenvalue weighted by Crippen LogP contribution is 2.24. The van der Waals surface area contributed by atoms with E-state index in [1.807, 2.05) is 37.5 Å². The van der Waals surface area contributed by atoms with Crippen molar-refractivity contribution < 1.29 is 9.59 Å². The number of halogens is 3. The minimum atomic E-state index is -0.334. The molecule has 0 radical (unpaired) electrons. The van der Waals surface area contributed by atoms with Gasteiger partial charge in [-0.25, -0.2) is 0 Å². The highest BCUT2D eigenvalue weighted by atomic mass is 127. The van der Waals surface area contributed by atoms with E-state index in [4.69, 9.17) is 23.2 Å². The smallest absolute Gasteiger partial charge is 0.253 e. The van der Waals surface area contributed by atoms with Gasteiger partial charge in [0.2, 0.25) is 5.91 Å². The molecule has 0 aliphatic heterocycles. The Morgan fingerprint density at radius 1 is 1.12 bits per heavy atom. The third-order valence-electron chi connectivity index (χ3n) is 4.79. The fraction of sp³-hybridized carbons (Fsp3) is 0.273. The van der Waals surface area contributed by atoms with E-state index in [0.717, 1.165) is 20.4 Å². The first-order valence-electron chi connectivity index (χ1n) is 10.0. The summed E-state index contributed by atoms with van der Waals surface area (Å²) in [4.78, 5) is 25.0. The molecule has 0 aliphatic carbocycles. The normalized spacial score (nSPS) is 10.8. The molecule has 1 aromatic heterocycles. The van der Waals surface area contributed by atoms with Gasteiger partial charge in [-0.3, -0.25) is 9.59 Å². The number of anilines is 1. The number of rotatable bonds is 8. The van der Waals surface area contributed by atoms with Crippen molar-refractivity contribution in [2.24, 2.45) is 0 Å². The van der Waals surface area contributed by atoms with Gasteiger partial charge >= 0.3 is 0 Å². The summed E-state index contributed by atoms with van der Waals surface area (Å²) in [7, 11) is 0. The Hall–Kier alpha value is -1.82. The van der Waals surface area contributed by atoms with Crippen molar-refractivity contribution in [1.82, 2.24) is 20.1 Å². The molecule has 7 nitrogen and oxygen atoms in total. The van der Waals surface area contributed by atoms with Crippen LogP contribution in [0.3, 0.4) is 0 Å². The highest BCUT2D eigenvalue weighted by molar-refractivity contribution is 14.1. The summed E-state index contributed by atoms with van der Waals surface area (Å²) in [6, 6.07) is 8.76. The number of carbonyl (C=O) groups excluding carboxylic acids is 2. The van der Waals surface area contributed by atoms with Crippen molar-refractivity contribution in [3.8, 4) is 0 Å². The second-order valence-electron chi connectivity index (χ2n) is 7.20. The summed E-state index contributed by atoms with van der Waals surface area (Å²) >= 11 is 15.5. The van der Waals surface area contributed by atoms with Gasteiger partial charge in [0, 0.05) is 20.8 Å². The van der Waals surface area contributed by atoms with Crippen LogP contribution in [0.4, 0.5) is 5.69 Å². The van der Waals surface area contributed by atoms with Crippen molar-refractivity contribution >= 4 is 75.1 Å². The van der Waals surface area contributed by atoms with Crippen LogP contribution in [-0.4, -0.2) is 32.3 Å². The van der Waals surface area contributed by atoms with Gasteiger partial charge in [0.25, 0.3) is 5.91 Å². The van der Waals surface area contributed by atoms with Crippen LogP contribution in [0.15, 0.2) is 35.5 Å². The largest absolute Gasteiger partial charge is 0.345 e. The van der Waals surface area contributed by atoms with E-state index in [0.29, 0.717) is 28.1 Å². The van der Waals surface area contributed by atoms with E-state index in [-0.39, 0.29) is 29.1 Å². The number of nitrogens with zero attached hydrogens (tertiary/aromatic N) is 3. The Labute approximate surface area is 220 Å². The molecule has 0 unspecified atom stereocenters. The zero-order chi connectivity index (χ0) is 24.1. The van der Waals surface area contributed by atoms with Crippen LogP contribution in [0, 0.1) is 17.4 Å². The Kier molecular flexibility index (Phi) is 9.02. The topological polar surface area (TPSA) is 88.9 Å².